The molecule has 5 rings (SSSR count). The molecular weight excluding hydrogens is 482 g/mol. The predicted octanol–water partition coefficient (Wildman–Crippen LogP) is 3.80. The van der Waals surface area contributed by atoms with Crippen LogP contribution >= 0.6 is 11.8 Å². The maximum absolute atomic E-state index is 12.8. The number of nitrogens with one attached hydrogen (secondary N) is 2. The number of H-pyrrole nitrogens is 1. The standard InChI is InChI=1S/C26H29N3O4S2/c30-24-7-2-1-5-23(24)29-35(32,33)20-14-12-19(13-15-20)18-10-8-17(9-11-18)16-34-26-27-22-6-3-4-21(22)25(31)28-26/h8-15,23-24,29-30H,1-7,16H2,(H,27,28,31)/t23-,24-/m0/s1. The summed E-state index contributed by atoms with van der Waals surface area (Å²) in [6.45, 7) is 0. The Balaban J connectivity index is 1.22. The number of aromatic amines is 1. The maximum atomic E-state index is 12.8. The number of fused-ring (bicyclic) bond motifs is 1. The highest BCUT2D eigenvalue weighted by Crippen LogP contribution is 2.26. The van der Waals surface area contributed by atoms with Gasteiger partial charge in [0.1, 0.15) is 0 Å². The van der Waals surface area contributed by atoms with Gasteiger partial charge in [-0.25, -0.2) is 18.1 Å². The van der Waals surface area contributed by atoms with Crippen LogP contribution < -0.4 is 10.3 Å². The molecule has 3 aromatic rings. The molecule has 0 bridgehead atoms. The average Bonchev–Trinajstić information content (AvgIpc) is 3.34. The van der Waals surface area contributed by atoms with E-state index in [9.17, 15) is 18.3 Å². The lowest BCUT2D eigenvalue weighted by Crippen LogP contribution is -2.44. The van der Waals surface area contributed by atoms with Gasteiger partial charge in [-0.3, -0.25) is 4.79 Å². The molecular formula is C26H29N3O4S2. The Bertz CT molecular complexity index is 1350. The molecule has 2 aliphatic rings. The van der Waals surface area contributed by atoms with E-state index >= 15 is 0 Å². The number of thioether (sulfide) groups is 1. The number of aliphatic hydroxyl groups is 1. The number of rotatable bonds is 7. The molecule has 7 nitrogen and oxygen atoms in total. The Hall–Kier alpha value is -2.46. The molecule has 0 spiro atoms. The first-order valence-electron chi connectivity index (χ1n) is 12.0. The highest BCUT2D eigenvalue weighted by molar-refractivity contribution is 7.98. The quantitative estimate of drug-likeness (QED) is 0.329. The second kappa shape index (κ2) is 10.3. The Morgan fingerprint density at radius 2 is 1.66 bits per heavy atom. The van der Waals surface area contributed by atoms with Crippen LogP contribution in [0.25, 0.3) is 11.1 Å². The van der Waals surface area contributed by atoms with E-state index < -0.39 is 22.2 Å². The van der Waals surface area contributed by atoms with Crippen LogP contribution in [0, 0.1) is 0 Å². The van der Waals surface area contributed by atoms with Crippen LogP contribution in [0.2, 0.25) is 0 Å². The first-order valence-corrected chi connectivity index (χ1v) is 14.5. The molecule has 2 atom stereocenters. The fraction of sp³-hybridized carbons (Fsp3) is 0.385. The Labute approximate surface area is 209 Å². The van der Waals surface area contributed by atoms with Crippen LogP contribution in [0.15, 0.2) is 63.4 Å². The maximum Gasteiger partial charge on any atom is 0.254 e. The lowest BCUT2D eigenvalue weighted by atomic mass is 9.93. The minimum atomic E-state index is -3.68. The van der Waals surface area contributed by atoms with Crippen molar-refractivity contribution in [3.05, 3.63) is 75.7 Å². The van der Waals surface area contributed by atoms with E-state index in [1.807, 2.05) is 24.3 Å². The minimum absolute atomic E-state index is 0.0130. The first-order chi connectivity index (χ1) is 16.9. The smallest absolute Gasteiger partial charge is 0.254 e. The third-order valence-corrected chi connectivity index (χ3v) is 9.23. The van der Waals surface area contributed by atoms with E-state index in [0.717, 1.165) is 60.1 Å². The SMILES string of the molecule is O=c1[nH]c(SCc2ccc(-c3ccc(S(=O)(=O)N[C@H]4CCCC[C@@H]4O)cc3)cc2)nc2c1CCC2. The Morgan fingerprint density at radius 3 is 2.37 bits per heavy atom. The van der Waals surface area contributed by atoms with Crippen molar-refractivity contribution in [2.24, 2.45) is 0 Å². The summed E-state index contributed by atoms with van der Waals surface area (Å²) in [7, 11) is -3.68. The number of aromatic nitrogens is 2. The van der Waals surface area contributed by atoms with Gasteiger partial charge in [0.15, 0.2) is 5.16 Å². The van der Waals surface area contributed by atoms with Crippen LogP contribution in [0.5, 0.6) is 0 Å². The molecule has 1 saturated carbocycles. The van der Waals surface area contributed by atoms with E-state index in [1.165, 1.54) is 11.8 Å². The average molecular weight is 512 g/mol. The molecule has 35 heavy (non-hydrogen) atoms. The molecule has 0 aliphatic heterocycles. The van der Waals surface area contributed by atoms with Crippen molar-refractivity contribution < 1.29 is 13.5 Å². The van der Waals surface area contributed by atoms with E-state index in [2.05, 4.69) is 14.7 Å². The number of benzene rings is 2. The normalized spacial score (nSPS) is 20.0. The van der Waals surface area contributed by atoms with Gasteiger partial charge in [-0.15, -0.1) is 0 Å². The molecule has 1 aromatic heterocycles. The highest BCUT2D eigenvalue weighted by atomic mass is 32.2. The van der Waals surface area contributed by atoms with Gasteiger partial charge >= 0.3 is 0 Å². The van der Waals surface area contributed by atoms with Gasteiger partial charge < -0.3 is 10.1 Å². The summed E-state index contributed by atoms with van der Waals surface area (Å²) in [5.41, 5.74) is 4.77. The summed E-state index contributed by atoms with van der Waals surface area (Å²) in [5.74, 6) is 0.692. The third kappa shape index (κ3) is 5.53. The van der Waals surface area contributed by atoms with Crippen molar-refractivity contribution in [2.45, 2.75) is 72.9 Å². The first kappa shape index (κ1) is 24.2. The van der Waals surface area contributed by atoms with Crippen molar-refractivity contribution in [3.63, 3.8) is 0 Å². The molecule has 0 amide bonds. The topological polar surface area (TPSA) is 112 Å². The monoisotopic (exact) mass is 511 g/mol. The fourth-order valence-electron chi connectivity index (χ4n) is 4.77. The zero-order chi connectivity index (χ0) is 24.4. The molecule has 0 saturated heterocycles. The van der Waals surface area contributed by atoms with Gasteiger partial charge in [0.25, 0.3) is 5.56 Å². The van der Waals surface area contributed by atoms with Crippen molar-refractivity contribution in [1.29, 1.82) is 0 Å². The number of sulfonamides is 1. The van der Waals surface area contributed by atoms with Gasteiger partial charge in [-0.05, 0) is 60.9 Å². The third-order valence-electron chi connectivity index (χ3n) is 6.78. The summed E-state index contributed by atoms with van der Waals surface area (Å²) < 4.78 is 28.2. The van der Waals surface area contributed by atoms with E-state index in [0.29, 0.717) is 23.8 Å². The van der Waals surface area contributed by atoms with Gasteiger partial charge in [0, 0.05) is 17.4 Å². The molecule has 1 fully saturated rings. The number of hydrogen-bond donors (Lipinski definition) is 3. The summed E-state index contributed by atoms with van der Waals surface area (Å²) in [6, 6.07) is 14.5. The van der Waals surface area contributed by atoms with Gasteiger partial charge in [-0.2, -0.15) is 0 Å². The van der Waals surface area contributed by atoms with Crippen LogP contribution in [0.3, 0.4) is 0 Å². The second-order valence-electron chi connectivity index (χ2n) is 9.24. The minimum Gasteiger partial charge on any atom is -0.391 e. The van der Waals surface area contributed by atoms with Gasteiger partial charge in [-0.1, -0.05) is 61.0 Å². The molecule has 184 valence electrons. The summed E-state index contributed by atoms with van der Waals surface area (Å²) in [4.78, 5) is 19.9. The number of hydrogen-bond acceptors (Lipinski definition) is 6. The summed E-state index contributed by atoms with van der Waals surface area (Å²) in [6.07, 6.45) is 5.18. The van der Waals surface area contributed by atoms with Crippen molar-refractivity contribution >= 4 is 21.8 Å². The van der Waals surface area contributed by atoms with Crippen LogP contribution in [0.1, 0.15) is 48.9 Å². The Morgan fingerprint density at radius 1 is 0.971 bits per heavy atom. The van der Waals surface area contributed by atoms with Crippen molar-refractivity contribution in [2.75, 3.05) is 0 Å². The number of aliphatic hydroxyl groups excluding tert-OH is 1. The van der Waals surface area contributed by atoms with E-state index in [-0.39, 0.29) is 10.5 Å². The second-order valence-corrected chi connectivity index (χ2v) is 11.9. The predicted molar refractivity (Wildman–Crippen MR) is 137 cm³/mol. The van der Waals surface area contributed by atoms with Gasteiger partial charge in [0.2, 0.25) is 10.0 Å². The zero-order valence-corrected chi connectivity index (χ0v) is 21.0. The molecule has 3 N–H and O–H groups in total. The number of aryl methyl sites for hydroxylation is 1. The fourth-order valence-corrected chi connectivity index (χ4v) is 6.91. The van der Waals surface area contributed by atoms with Crippen LogP contribution in [-0.2, 0) is 28.6 Å². The molecule has 0 unspecified atom stereocenters. The van der Waals surface area contributed by atoms with E-state index in [4.69, 9.17) is 0 Å². The molecule has 2 aromatic carbocycles. The zero-order valence-electron chi connectivity index (χ0n) is 19.4. The molecule has 0 radical (unpaired) electrons. The molecule has 2 aliphatic carbocycles. The molecule has 1 heterocycles. The molecule has 9 heteroatoms. The van der Waals surface area contributed by atoms with Gasteiger partial charge in [0.05, 0.1) is 16.7 Å². The van der Waals surface area contributed by atoms with Crippen LogP contribution in [-0.4, -0.2) is 35.6 Å². The van der Waals surface area contributed by atoms with Crippen LogP contribution in [0.4, 0.5) is 0 Å². The lowest BCUT2D eigenvalue weighted by molar-refractivity contribution is 0.101. The summed E-state index contributed by atoms with van der Waals surface area (Å²) >= 11 is 1.52. The lowest BCUT2D eigenvalue weighted by Gasteiger charge is -2.28. The Kier molecular flexibility index (Phi) is 7.11. The van der Waals surface area contributed by atoms with Crippen molar-refractivity contribution in [1.82, 2.24) is 14.7 Å². The summed E-state index contributed by atoms with van der Waals surface area (Å²) in [5, 5.41) is 10.8. The highest BCUT2D eigenvalue weighted by Gasteiger charge is 2.28. The van der Waals surface area contributed by atoms with E-state index in [1.54, 1.807) is 24.3 Å². The largest absolute Gasteiger partial charge is 0.391 e. The van der Waals surface area contributed by atoms with Crippen molar-refractivity contribution in [3.8, 4) is 11.1 Å². The number of nitrogens with zero attached hydrogens (tertiary/aromatic N) is 1.